The monoisotopic (exact) mass is 369 g/mol. The molecule has 0 bridgehead atoms. The predicted octanol–water partition coefficient (Wildman–Crippen LogP) is 2.74. The molecule has 2 aromatic carbocycles. The third-order valence-corrected chi connectivity index (χ3v) is 4.09. The molecule has 0 aliphatic heterocycles. The molecule has 0 heterocycles. The van der Waals surface area contributed by atoms with E-state index in [1.165, 1.54) is 0 Å². The summed E-state index contributed by atoms with van der Waals surface area (Å²) in [5, 5.41) is 8.83. The molecule has 0 saturated heterocycles. The maximum atomic E-state index is 12.4. The number of amides is 2. The summed E-state index contributed by atoms with van der Waals surface area (Å²) < 4.78 is 4.93. The van der Waals surface area contributed by atoms with Gasteiger partial charge in [-0.2, -0.15) is 0 Å². The maximum Gasteiger partial charge on any atom is 0.251 e. The lowest BCUT2D eigenvalue weighted by atomic mass is 10.1. The van der Waals surface area contributed by atoms with Gasteiger partial charge in [0.05, 0.1) is 12.6 Å². The molecule has 6 heteroatoms. The summed E-state index contributed by atoms with van der Waals surface area (Å²) in [4.78, 5) is 24.1. The van der Waals surface area contributed by atoms with Gasteiger partial charge in [0.25, 0.3) is 5.91 Å². The molecule has 2 rings (SSSR count). The molecule has 2 amide bonds. The zero-order valence-electron chi connectivity index (χ0n) is 15.8. The van der Waals surface area contributed by atoms with Crippen molar-refractivity contribution in [1.82, 2.24) is 10.6 Å². The SMILES string of the molecule is COCCCNC(=O)CNc1ccc(C(=O)NC(C)c2ccccc2)cc1. The Hall–Kier alpha value is -2.86. The maximum absolute atomic E-state index is 12.4. The topological polar surface area (TPSA) is 79.5 Å². The summed E-state index contributed by atoms with van der Waals surface area (Å²) in [6.07, 6.45) is 0.785. The molecular weight excluding hydrogens is 342 g/mol. The zero-order valence-corrected chi connectivity index (χ0v) is 15.8. The number of hydrogen-bond acceptors (Lipinski definition) is 4. The minimum absolute atomic E-state index is 0.0710. The van der Waals surface area contributed by atoms with Gasteiger partial charge in [0.2, 0.25) is 5.91 Å². The highest BCUT2D eigenvalue weighted by Gasteiger charge is 2.11. The number of anilines is 1. The molecule has 0 radical (unpaired) electrons. The first-order chi connectivity index (χ1) is 13.1. The largest absolute Gasteiger partial charge is 0.385 e. The van der Waals surface area contributed by atoms with Crippen molar-refractivity contribution in [3.05, 3.63) is 65.7 Å². The van der Waals surface area contributed by atoms with Gasteiger partial charge in [-0.15, -0.1) is 0 Å². The molecule has 6 nitrogen and oxygen atoms in total. The number of hydrogen-bond donors (Lipinski definition) is 3. The van der Waals surface area contributed by atoms with Crippen LogP contribution in [0.1, 0.15) is 35.3 Å². The Morgan fingerprint density at radius 1 is 1.04 bits per heavy atom. The average molecular weight is 369 g/mol. The second-order valence-corrected chi connectivity index (χ2v) is 6.23. The fraction of sp³-hybridized carbons (Fsp3) is 0.333. The van der Waals surface area contributed by atoms with Crippen molar-refractivity contribution in [3.8, 4) is 0 Å². The zero-order chi connectivity index (χ0) is 19.5. The second-order valence-electron chi connectivity index (χ2n) is 6.23. The number of ether oxygens (including phenoxy) is 1. The van der Waals surface area contributed by atoms with E-state index in [1.807, 2.05) is 37.3 Å². The lowest BCUT2D eigenvalue weighted by Gasteiger charge is -2.14. The fourth-order valence-corrected chi connectivity index (χ4v) is 2.53. The molecule has 1 unspecified atom stereocenters. The molecule has 144 valence electrons. The van der Waals surface area contributed by atoms with Gasteiger partial charge in [-0.05, 0) is 43.2 Å². The van der Waals surface area contributed by atoms with Crippen LogP contribution in [0.3, 0.4) is 0 Å². The van der Waals surface area contributed by atoms with Crippen LogP contribution in [0.5, 0.6) is 0 Å². The van der Waals surface area contributed by atoms with Crippen LogP contribution in [0.25, 0.3) is 0 Å². The van der Waals surface area contributed by atoms with Gasteiger partial charge in [0, 0.05) is 31.5 Å². The smallest absolute Gasteiger partial charge is 0.251 e. The van der Waals surface area contributed by atoms with Gasteiger partial charge in [-0.3, -0.25) is 9.59 Å². The van der Waals surface area contributed by atoms with Crippen LogP contribution in [0.4, 0.5) is 5.69 Å². The van der Waals surface area contributed by atoms with Gasteiger partial charge in [0.1, 0.15) is 0 Å². The molecule has 0 saturated carbocycles. The van der Waals surface area contributed by atoms with Crippen molar-refractivity contribution in [1.29, 1.82) is 0 Å². The van der Waals surface area contributed by atoms with Gasteiger partial charge < -0.3 is 20.7 Å². The van der Waals surface area contributed by atoms with E-state index in [9.17, 15) is 9.59 Å². The predicted molar refractivity (Wildman–Crippen MR) is 107 cm³/mol. The van der Waals surface area contributed by atoms with E-state index in [0.717, 1.165) is 17.7 Å². The molecule has 27 heavy (non-hydrogen) atoms. The summed E-state index contributed by atoms with van der Waals surface area (Å²) in [7, 11) is 1.63. The van der Waals surface area contributed by atoms with Crippen molar-refractivity contribution in [2.45, 2.75) is 19.4 Å². The van der Waals surface area contributed by atoms with E-state index in [-0.39, 0.29) is 24.4 Å². The quantitative estimate of drug-likeness (QED) is 0.563. The molecular formula is C21H27N3O3. The second kappa shape index (κ2) is 11.0. The summed E-state index contributed by atoms with van der Waals surface area (Å²) in [6.45, 7) is 3.35. The van der Waals surface area contributed by atoms with E-state index in [0.29, 0.717) is 18.7 Å². The highest BCUT2D eigenvalue weighted by atomic mass is 16.5. The minimum atomic E-state index is -0.131. The molecule has 2 aromatic rings. The average Bonchev–Trinajstić information content (AvgIpc) is 2.70. The van der Waals surface area contributed by atoms with Crippen molar-refractivity contribution in [2.75, 3.05) is 32.1 Å². The summed E-state index contributed by atoms with van der Waals surface area (Å²) in [6, 6.07) is 16.8. The Morgan fingerprint density at radius 2 is 1.74 bits per heavy atom. The Kier molecular flexibility index (Phi) is 8.32. The van der Waals surface area contributed by atoms with Crippen molar-refractivity contribution < 1.29 is 14.3 Å². The lowest BCUT2D eigenvalue weighted by Crippen LogP contribution is -2.31. The Bertz CT molecular complexity index is 717. The first kappa shape index (κ1) is 20.5. The summed E-state index contributed by atoms with van der Waals surface area (Å²) in [5.74, 6) is -0.210. The highest BCUT2D eigenvalue weighted by molar-refractivity contribution is 5.94. The number of nitrogens with one attached hydrogen (secondary N) is 3. The van der Waals surface area contributed by atoms with Crippen molar-refractivity contribution >= 4 is 17.5 Å². The van der Waals surface area contributed by atoms with E-state index >= 15 is 0 Å². The van der Waals surface area contributed by atoms with E-state index in [2.05, 4.69) is 16.0 Å². The molecule has 0 spiro atoms. The first-order valence-corrected chi connectivity index (χ1v) is 9.05. The minimum Gasteiger partial charge on any atom is -0.385 e. The van der Waals surface area contributed by atoms with Crippen LogP contribution in [-0.4, -0.2) is 38.6 Å². The van der Waals surface area contributed by atoms with Crippen LogP contribution in [0, 0.1) is 0 Å². The number of rotatable bonds is 10. The van der Waals surface area contributed by atoms with Crippen LogP contribution >= 0.6 is 0 Å². The molecule has 3 N–H and O–H groups in total. The normalized spacial score (nSPS) is 11.5. The van der Waals surface area contributed by atoms with Crippen LogP contribution in [0.15, 0.2) is 54.6 Å². The number of carbonyl (C=O) groups excluding carboxylic acids is 2. The third kappa shape index (κ3) is 7.11. The van der Waals surface area contributed by atoms with Gasteiger partial charge in [-0.1, -0.05) is 30.3 Å². The summed E-state index contributed by atoms with van der Waals surface area (Å²) >= 11 is 0. The van der Waals surface area contributed by atoms with E-state index < -0.39 is 0 Å². The van der Waals surface area contributed by atoms with Crippen LogP contribution < -0.4 is 16.0 Å². The molecule has 1 atom stereocenters. The Labute approximate surface area is 160 Å². The Morgan fingerprint density at radius 3 is 2.41 bits per heavy atom. The first-order valence-electron chi connectivity index (χ1n) is 9.05. The van der Waals surface area contributed by atoms with Crippen molar-refractivity contribution in [2.24, 2.45) is 0 Å². The number of carbonyl (C=O) groups is 2. The standard InChI is InChI=1S/C21H27N3O3/c1-16(17-7-4-3-5-8-17)24-21(26)18-9-11-19(12-10-18)23-15-20(25)22-13-6-14-27-2/h3-5,7-12,16,23H,6,13-15H2,1-2H3,(H,22,25)(H,24,26). The molecule has 0 aliphatic carbocycles. The van der Waals surface area contributed by atoms with Gasteiger partial charge in [0.15, 0.2) is 0 Å². The van der Waals surface area contributed by atoms with E-state index in [1.54, 1.807) is 31.4 Å². The Balaban J connectivity index is 1.78. The summed E-state index contributed by atoms with van der Waals surface area (Å²) in [5.41, 5.74) is 2.42. The molecule has 0 aliphatic rings. The molecule has 0 aromatic heterocycles. The van der Waals surface area contributed by atoms with Crippen LogP contribution in [0.2, 0.25) is 0 Å². The number of methoxy groups -OCH3 is 1. The van der Waals surface area contributed by atoms with Crippen molar-refractivity contribution in [3.63, 3.8) is 0 Å². The van der Waals surface area contributed by atoms with Crippen LogP contribution in [-0.2, 0) is 9.53 Å². The third-order valence-electron chi connectivity index (χ3n) is 4.09. The van der Waals surface area contributed by atoms with Gasteiger partial charge >= 0.3 is 0 Å². The number of benzene rings is 2. The van der Waals surface area contributed by atoms with E-state index in [4.69, 9.17) is 4.74 Å². The van der Waals surface area contributed by atoms with Gasteiger partial charge in [-0.25, -0.2) is 0 Å². The fourth-order valence-electron chi connectivity index (χ4n) is 2.53. The molecule has 0 fully saturated rings. The highest BCUT2D eigenvalue weighted by Crippen LogP contribution is 2.14. The lowest BCUT2D eigenvalue weighted by molar-refractivity contribution is -0.119.